The molecule has 18 heavy (non-hydrogen) atoms. The van der Waals surface area contributed by atoms with Crippen LogP contribution >= 0.6 is 11.6 Å². The summed E-state index contributed by atoms with van der Waals surface area (Å²) in [4.78, 5) is 0. The molecule has 0 aliphatic rings. The molecule has 94 valence electrons. The van der Waals surface area contributed by atoms with Gasteiger partial charge in [-0.1, -0.05) is 35.9 Å². The summed E-state index contributed by atoms with van der Waals surface area (Å²) in [6.07, 6.45) is 0.945. The number of hydrogen-bond donors (Lipinski definition) is 2. The molecule has 2 aromatic rings. The lowest BCUT2D eigenvalue weighted by atomic mass is 10.1. The molecule has 0 amide bonds. The zero-order valence-corrected chi connectivity index (χ0v) is 10.8. The van der Waals surface area contributed by atoms with Gasteiger partial charge in [0.05, 0.1) is 0 Å². The zero-order valence-electron chi connectivity index (χ0n) is 10.1. The highest BCUT2D eigenvalue weighted by Crippen LogP contribution is 2.11. The molecule has 2 N–H and O–H groups in total. The van der Waals surface area contributed by atoms with Crippen molar-refractivity contribution in [3.8, 4) is 5.75 Å². The Bertz CT molecular complexity index is 496. The predicted molar refractivity (Wildman–Crippen MR) is 75.0 cm³/mol. The molecular weight excluding hydrogens is 246 g/mol. The zero-order chi connectivity index (χ0) is 12.8. The fourth-order valence-electron chi connectivity index (χ4n) is 1.77. The van der Waals surface area contributed by atoms with Crippen molar-refractivity contribution in [1.29, 1.82) is 0 Å². The van der Waals surface area contributed by atoms with Gasteiger partial charge in [0.2, 0.25) is 0 Å². The molecule has 0 heterocycles. The summed E-state index contributed by atoms with van der Waals surface area (Å²) in [6, 6.07) is 15.2. The van der Waals surface area contributed by atoms with Crippen molar-refractivity contribution in [1.82, 2.24) is 5.32 Å². The minimum atomic E-state index is 0.311. The van der Waals surface area contributed by atoms with Crippen LogP contribution in [0.5, 0.6) is 5.75 Å². The predicted octanol–water partition coefficient (Wildman–Crippen LogP) is 3.38. The van der Waals surface area contributed by atoms with E-state index in [4.69, 9.17) is 11.6 Å². The lowest BCUT2D eigenvalue weighted by molar-refractivity contribution is 0.475. The van der Waals surface area contributed by atoms with Crippen LogP contribution in [-0.2, 0) is 13.0 Å². The third-order valence-corrected chi connectivity index (χ3v) is 2.98. The van der Waals surface area contributed by atoms with Crippen molar-refractivity contribution < 1.29 is 5.11 Å². The van der Waals surface area contributed by atoms with Gasteiger partial charge in [0.1, 0.15) is 5.75 Å². The van der Waals surface area contributed by atoms with Gasteiger partial charge in [-0.05, 0) is 48.4 Å². The Kier molecular flexibility index (Phi) is 4.62. The Labute approximate surface area is 112 Å². The van der Waals surface area contributed by atoms with Crippen molar-refractivity contribution in [2.24, 2.45) is 0 Å². The summed E-state index contributed by atoms with van der Waals surface area (Å²) in [5, 5.41) is 13.3. The summed E-state index contributed by atoms with van der Waals surface area (Å²) >= 11 is 5.92. The van der Waals surface area contributed by atoms with Gasteiger partial charge in [0.25, 0.3) is 0 Å². The number of nitrogens with one attached hydrogen (secondary N) is 1. The van der Waals surface area contributed by atoms with Crippen molar-refractivity contribution >= 4 is 11.6 Å². The average molecular weight is 262 g/mol. The van der Waals surface area contributed by atoms with Gasteiger partial charge in [-0.2, -0.15) is 0 Å². The van der Waals surface area contributed by atoms with E-state index in [0.717, 1.165) is 24.5 Å². The van der Waals surface area contributed by atoms with Crippen molar-refractivity contribution in [3.05, 3.63) is 64.7 Å². The fourth-order valence-corrected chi connectivity index (χ4v) is 1.99. The van der Waals surface area contributed by atoms with Gasteiger partial charge in [-0.25, -0.2) is 0 Å². The molecule has 3 heteroatoms. The second kappa shape index (κ2) is 6.43. The average Bonchev–Trinajstić information content (AvgIpc) is 2.37. The Morgan fingerprint density at radius 3 is 2.50 bits per heavy atom. The minimum absolute atomic E-state index is 0.311. The number of phenolic OH excluding ortho intramolecular Hbond substituents is 1. The third-order valence-electron chi connectivity index (χ3n) is 2.74. The Morgan fingerprint density at radius 2 is 1.78 bits per heavy atom. The summed E-state index contributed by atoms with van der Waals surface area (Å²) in [5.74, 6) is 0.311. The molecule has 0 spiro atoms. The van der Waals surface area contributed by atoms with Crippen LogP contribution in [0.15, 0.2) is 48.5 Å². The molecule has 0 saturated carbocycles. The first-order chi connectivity index (χ1) is 8.74. The maximum Gasteiger partial charge on any atom is 0.115 e. The lowest BCUT2D eigenvalue weighted by Crippen LogP contribution is -2.16. The highest BCUT2D eigenvalue weighted by molar-refractivity contribution is 6.30. The van der Waals surface area contributed by atoms with E-state index in [1.54, 1.807) is 12.1 Å². The van der Waals surface area contributed by atoms with Crippen LogP contribution in [0, 0.1) is 0 Å². The number of hydrogen-bond acceptors (Lipinski definition) is 2. The summed E-state index contributed by atoms with van der Waals surface area (Å²) in [6.45, 7) is 1.72. The molecule has 0 bridgehead atoms. The van der Waals surface area contributed by atoms with E-state index in [9.17, 15) is 5.11 Å². The molecule has 0 atom stereocenters. The first-order valence-corrected chi connectivity index (χ1v) is 6.35. The van der Waals surface area contributed by atoms with Crippen LogP contribution in [0.25, 0.3) is 0 Å². The Balaban J connectivity index is 1.74. The molecule has 0 unspecified atom stereocenters. The third kappa shape index (κ3) is 4.06. The summed E-state index contributed by atoms with van der Waals surface area (Å²) in [7, 11) is 0. The van der Waals surface area contributed by atoms with Crippen LogP contribution < -0.4 is 5.32 Å². The van der Waals surface area contributed by atoms with Gasteiger partial charge in [-0.15, -0.1) is 0 Å². The van der Waals surface area contributed by atoms with E-state index in [2.05, 4.69) is 11.4 Å². The molecule has 0 aromatic heterocycles. The van der Waals surface area contributed by atoms with Gasteiger partial charge in [0.15, 0.2) is 0 Å². The molecule has 0 aliphatic heterocycles. The first kappa shape index (κ1) is 12.9. The molecule has 0 fully saturated rings. The van der Waals surface area contributed by atoms with Gasteiger partial charge < -0.3 is 10.4 Å². The number of rotatable bonds is 5. The SMILES string of the molecule is Oc1ccc(CCNCc2cccc(Cl)c2)cc1. The number of benzene rings is 2. The minimum Gasteiger partial charge on any atom is -0.508 e. The second-order valence-electron chi connectivity index (χ2n) is 4.22. The number of aromatic hydroxyl groups is 1. The van der Waals surface area contributed by atoms with Gasteiger partial charge in [-0.3, -0.25) is 0 Å². The molecular formula is C15H16ClNO. The largest absolute Gasteiger partial charge is 0.508 e. The highest BCUT2D eigenvalue weighted by Gasteiger charge is 1.96. The van der Waals surface area contributed by atoms with Crippen LogP contribution in [0.1, 0.15) is 11.1 Å². The van der Waals surface area contributed by atoms with E-state index >= 15 is 0 Å². The van der Waals surface area contributed by atoms with E-state index in [1.165, 1.54) is 11.1 Å². The quantitative estimate of drug-likeness (QED) is 0.809. The highest BCUT2D eigenvalue weighted by atomic mass is 35.5. The molecule has 0 radical (unpaired) electrons. The second-order valence-corrected chi connectivity index (χ2v) is 4.66. The fraction of sp³-hybridized carbons (Fsp3) is 0.200. The standard InChI is InChI=1S/C15H16ClNO/c16-14-3-1-2-13(10-14)11-17-9-8-12-4-6-15(18)7-5-12/h1-7,10,17-18H,8-9,11H2. The van der Waals surface area contributed by atoms with E-state index < -0.39 is 0 Å². The van der Waals surface area contributed by atoms with Crippen LogP contribution in [0.2, 0.25) is 5.02 Å². The topological polar surface area (TPSA) is 32.3 Å². The van der Waals surface area contributed by atoms with E-state index in [0.29, 0.717) is 5.75 Å². The molecule has 2 rings (SSSR count). The van der Waals surface area contributed by atoms with Crippen molar-refractivity contribution in [2.75, 3.05) is 6.54 Å². The molecule has 2 nitrogen and oxygen atoms in total. The number of phenols is 1. The smallest absolute Gasteiger partial charge is 0.115 e. The van der Waals surface area contributed by atoms with Crippen LogP contribution in [0.3, 0.4) is 0 Å². The summed E-state index contributed by atoms with van der Waals surface area (Å²) < 4.78 is 0. The van der Waals surface area contributed by atoms with Crippen LogP contribution in [0.4, 0.5) is 0 Å². The van der Waals surface area contributed by atoms with Crippen LogP contribution in [-0.4, -0.2) is 11.7 Å². The van der Waals surface area contributed by atoms with Gasteiger partial charge >= 0.3 is 0 Å². The lowest BCUT2D eigenvalue weighted by Gasteiger charge is -2.05. The van der Waals surface area contributed by atoms with Crippen molar-refractivity contribution in [3.63, 3.8) is 0 Å². The maximum absolute atomic E-state index is 9.17. The first-order valence-electron chi connectivity index (χ1n) is 5.97. The molecule has 0 aliphatic carbocycles. The normalized spacial score (nSPS) is 10.5. The number of halogens is 1. The Morgan fingerprint density at radius 1 is 1.00 bits per heavy atom. The van der Waals surface area contributed by atoms with Gasteiger partial charge in [0, 0.05) is 11.6 Å². The summed E-state index contributed by atoms with van der Waals surface area (Å²) in [5.41, 5.74) is 2.40. The van der Waals surface area contributed by atoms with E-state index in [1.807, 2.05) is 30.3 Å². The van der Waals surface area contributed by atoms with Crippen molar-refractivity contribution in [2.45, 2.75) is 13.0 Å². The monoisotopic (exact) mass is 261 g/mol. The maximum atomic E-state index is 9.17. The van der Waals surface area contributed by atoms with E-state index in [-0.39, 0.29) is 0 Å². The Hall–Kier alpha value is -1.51. The molecule has 0 saturated heterocycles. The molecule has 2 aromatic carbocycles.